The van der Waals surface area contributed by atoms with Crippen LogP contribution in [0.1, 0.15) is 25.7 Å². The number of rotatable bonds is 1. The summed E-state index contributed by atoms with van der Waals surface area (Å²) in [6, 6.07) is 2.19. The van der Waals surface area contributed by atoms with Gasteiger partial charge in [0.15, 0.2) is 0 Å². The molecule has 2 aromatic heterocycles. The molecule has 0 spiro atoms. The van der Waals surface area contributed by atoms with Crippen LogP contribution in [0.5, 0.6) is 0 Å². The fraction of sp³-hybridized carbons (Fsp3) is 0.333. The first-order valence-electron chi connectivity index (χ1n) is 5.18. The number of thiophene rings is 1. The molecule has 3 rings (SSSR count). The molecular formula is C12H13NS. The van der Waals surface area contributed by atoms with Crippen molar-refractivity contribution in [1.29, 1.82) is 0 Å². The van der Waals surface area contributed by atoms with Gasteiger partial charge in [0.25, 0.3) is 0 Å². The van der Waals surface area contributed by atoms with E-state index in [4.69, 9.17) is 0 Å². The molecule has 0 bridgehead atoms. The quantitative estimate of drug-likeness (QED) is 0.657. The second-order valence-corrected chi connectivity index (χ2v) is 4.79. The molecule has 0 atom stereocenters. The minimum atomic E-state index is 1.24. The van der Waals surface area contributed by atoms with Crippen molar-refractivity contribution < 1.29 is 0 Å². The Morgan fingerprint density at radius 2 is 2.21 bits per heavy atom. The first-order chi connectivity index (χ1) is 6.93. The SMILES string of the molecule is C1=C(n2cc3ccsc3c2)CCCC1. The lowest BCUT2D eigenvalue weighted by molar-refractivity contribution is 0.718. The Bertz CT molecular complexity index is 447. The smallest absolute Gasteiger partial charge is 0.0523 e. The van der Waals surface area contributed by atoms with Crippen molar-refractivity contribution in [3.8, 4) is 0 Å². The van der Waals surface area contributed by atoms with Crippen LogP contribution >= 0.6 is 11.3 Å². The summed E-state index contributed by atoms with van der Waals surface area (Å²) in [5.41, 5.74) is 1.49. The van der Waals surface area contributed by atoms with Crippen LogP contribution < -0.4 is 0 Å². The minimum Gasteiger partial charge on any atom is -0.326 e. The first-order valence-corrected chi connectivity index (χ1v) is 6.06. The van der Waals surface area contributed by atoms with Crippen molar-refractivity contribution in [2.24, 2.45) is 0 Å². The molecule has 0 N–H and O–H groups in total. The molecular weight excluding hydrogens is 190 g/mol. The molecule has 0 unspecified atom stereocenters. The summed E-state index contributed by atoms with van der Waals surface area (Å²) in [6.45, 7) is 0. The Morgan fingerprint density at radius 1 is 1.21 bits per heavy atom. The van der Waals surface area contributed by atoms with Gasteiger partial charge in [-0.15, -0.1) is 11.3 Å². The molecule has 0 radical (unpaired) electrons. The fourth-order valence-corrected chi connectivity index (χ4v) is 2.87. The molecule has 0 aliphatic heterocycles. The maximum Gasteiger partial charge on any atom is 0.0523 e. The normalized spacial score (nSPS) is 17.3. The van der Waals surface area contributed by atoms with Crippen LogP contribution in [0, 0.1) is 0 Å². The molecule has 0 amide bonds. The third kappa shape index (κ3) is 1.30. The van der Waals surface area contributed by atoms with Crippen molar-refractivity contribution in [3.05, 3.63) is 29.9 Å². The minimum absolute atomic E-state index is 1.24. The van der Waals surface area contributed by atoms with Crippen LogP contribution in [-0.4, -0.2) is 4.57 Å². The van der Waals surface area contributed by atoms with Crippen molar-refractivity contribution in [1.82, 2.24) is 4.57 Å². The van der Waals surface area contributed by atoms with E-state index in [-0.39, 0.29) is 0 Å². The molecule has 2 aromatic rings. The van der Waals surface area contributed by atoms with Gasteiger partial charge < -0.3 is 4.57 Å². The highest BCUT2D eigenvalue weighted by Gasteiger charge is 2.06. The second-order valence-electron chi connectivity index (χ2n) is 3.85. The van der Waals surface area contributed by atoms with E-state index in [0.717, 1.165) is 0 Å². The molecule has 1 aliphatic carbocycles. The topological polar surface area (TPSA) is 4.93 Å². The third-order valence-electron chi connectivity index (χ3n) is 2.86. The zero-order chi connectivity index (χ0) is 9.38. The van der Waals surface area contributed by atoms with Gasteiger partial charge in [0.05, 0.1) is 4.70 Å². The average molecular weight is 203 g/mol. The Balaban J connectivity index is 2.04. The molecule has 14 heavy (non-hydrogen) atoms. The highest BCUT2D eigenvalue weighted by atomic mass is 32.1. The number of hydrogen-bond acceptors (Lipinski definition) is 1. The Hall–Kier alpha value is -1.02. The monoisotopic (exact) mass is 203 g/mol. The highest BCUT2D eigenvalue weighted by Crippen LogP contribution is 2.27. The molecule has 0 saturated heterocycles. The van der Waals surface area contributed by atoms with Crippen LogP contribution in [0.15, 0.2) is 29.9 Å². The summed E-state index contributed by atoms with van der Waals surface area (Å²) in [7, 11) is 0. The zero-order valence-corrected chi connectivity index (χ0v) is 8.89. The van der Waals surface area contributed by atoms with Crippen molar-refractivity contribution in [2.45, 2.75) is 25.7 Å². The van der Waals surface area contributed by atoms with Gasteiger partial charge in [-0.2, -0.15) is 0 Å². The van der Waals surface area contributed by atoms with Gasteiger partial charge in [0.2, 0.25) is 0 Å². The van der Waals surface area contributed by atoms with E-state index in [2.05, 4.69) is 34.5 Å². The molecule has 1 nitrogen and oxygen atoms in total. The van der Waals surface area contributed by atoms with E-state index in [9.17, 15) is 0 Å². The lowest BCUT2D eigenvalue weighted by Crippen LogP contribution is -1.97. The van der Waals surface area contributed by atoms with Gasteiger partial charge in [-0.1, -0.05) is 6.08 Å². The van der Waals surface area contributed by atoms with E-state index in [1.807, 2.05) is 11.3 Å². The summed E-state index contributed by atoms with van der Waals surface area (Å²) < 4.78 is 3.71. The van der Waals surface area contributed by atoms with Gasteiger partial charge >= 0.3 is 0 Å². The van der Waals surface area contributed by atoms with Crippen molar-refractivity contribution in [3.63, 3.8) is 0 Å². The molecule has 0 aromatic carbocycles. The summed E-state index contributed by atoms with van der Waals surface area (Å²) in [5, 5.41) is 3.53. The predicted octanol–water partition coefficient (Wildman–Crippen LogP) is 4.12. The molecule has 1 aliphatic rings. The largest absolute Gasteiger partial charge is 0.326 e. The van der Waals surface area contributed by atoms with Gasteiger partial charge in [-0.3, -0.25) is 0 Å². The number of fused-ring (bicyclic) bond motifs is 1. The second kappa shape index (κ2) is 3.28. The summed E-state index contributed by atoms with van der Waals surface area (Å²) in [6.07, 6.45) is 12.1. The molecule has 0 saturated carbocycles. The van der Waals surface area contributed by atoms with Crippen LogP contribution in [0.3, 0.4) is 0 Å². The number of allylic oxidation sites excluding steroid dienone is 2. The fourth-order valence-electron chi connectivity index (χ4n) is 2.08. The molecule has 2 heteroatoms. The summed E-state index contributed by atoms with van der Waals surface area (Å²) in [4.78, 5) is 0. The average Bonchev–Trinajstić information content (AvgIpc) is 2.78. The molecule has 0 fully saturated rings. The van der Waals surface area contributed by atoms with Crippen molar-refractivity contribution in [2.75, 3.05) is 0 Å². The maximum absolute atomic E-state index is 2.38. The third-order valence-corrected chi connectivity index (χ3v) is 3.73. The molecule has 72 valence electrons. The van der Waals surface area contributed by atoms with Gasteiger partial charge in [-0.05, 0) is 37.1 Å². The van der Waals surface area contributed by atoms with Crippen LogP contribution in [0.25, 0.3) is 15.8 Å². The number of hydrogen-bond donors (Lipinski definition) is 0. The van der Waals surface area contributed by atoms with Crippen LogP contribution in [-0.2, 0) is 0 Å². The zero-order valence-electron chi connectivity index (χ0n) is 8.07. The van der Waals surface area contributed by atoms with E-state index in [1.165, 1.54) is 41.5 Å². The Morgan fingerprint density at radius 3 is 3.00 bits per heavy atom. The van der Waals surface area contributed by atoms with E-state index >= 15 is 0 Å². The Labute approximate surface area is 87.7 Å². The van der Waals surface area contributed by atoms with Crippen LogP contribution in [0.2, 0.25) is 0 Å². The van der Waals surface area contributed by atoms with Gasteiger partial charge in [-0.25, -0.2) is 0 Å². The molecule has 2 heterocycles. The van der Waals surface area contributed by atoms with E-state index < -0.39 is 0 Å². The van der Waals surface area contributed by atoms with E-state index in [1.54, 1.807) is 0 Å². The lowest BCUT2D eigenvalue weighted by Gasteiger charge is -2.13. The maximum atomic E-state index is 2.38. The van der Waals surface area contributed by atoms with Crippen LogP contribution in [0.4, 0.5) is 0 Å². The number of nitrogens with zero attached hydrogens (tertiary/aromatic N) is 1. The summed E-state index contributed by atoms with van der Waals surface area (Å²) >= 11 is 1.82. The first kappa shape index (κ1) is 8.30. The number of aromatic nitrogens is 1. The summed E-state index contributed by atoms with van der Waals surface area (Å²) in [5.74, 6) is 0. The Kier molecular flexibility index (Phi) is 1.95. The van der Waals surface area contributed by atoms with Crippen molar-refractivity contribution >= 4 is 27.1 Å². The predicted molar refractivity (Wildman–Crippen MR) is 62.6 cm³/mol. The lowest BCUT2D eigenvalue weighted by atomic mass is 10.1. The standard InChI is InChI=1S/C12H13NS/c1-2-4-11(5-3-1)13-8-10-6-7-14-12(10)9-13/h4,6-9H,1-3,5H2. The highest BCUT2D eigenvalue weighted by molar-refractivity contribution is 7.17. The van der Waals surface area contributed by atoms with Gasteiger partial charge in [0.1, 0.15) is 0 Å². The van der Waals surface area contributed by atoms with E-state index in [0.29, 0.717) is 0 Å². The van der Waals surface area contributed by atoms with Gasteiger partial charge in [0, 0.05) is 23.5 Å².